The Balaban J connectivity index is 1.36. The number of hydrogen-bond donors (Lipinski definition) is 0. The molecule has 0 saturated heterocycles. The van der Waals surface area contributed by atoms with Crippen molar-refractivity contribution in [2.45, 2.75) is 44.9 Å². The monoisotopic (exact) mass is 554 g/mol. The van der Waals surface area contributed by atoms with E-state index in [0.717, 1.165) is 19.3 Å². The topological polar surface area (TPSA) is 0 Å². The molecule has 4 aromatic carbocycles. The normalized spacial score (nSPS) is 15.2. The van der Waals surface area contributed by atoms with Crippen LogP contribution >= 0.6 is 0 Å². The summed E-state index contributed by atoms with van der Waals surface area (Å²) >= 11 is -2.06. The summed E-state index contributed by atoms with van der Waals surface area (Å²) in [7, 11) is 0. The van der Waals surface area contributed by atoms with Gasteiger partial charge >= 0.3 is 230 Å². The Kier molecular flexibility index (Phi) is 6.35. The summed E-state index contributed by atoms with van der Waals surface area (Å²) in [6.07, 6.45) is 15.6. The summed E-state index contributed by atoms with van der Waals surface area (Å²) in [5.74, 6) is 0. The third-order valence-electron chi connectivity index (χ3n) is 8.32. The first-order valence-corrected chi connectivity index (χ1v) is 17.4. The maximum absolute atomic E-state index is 2.65. The van der Waals surface area contributed by atoms with Crippen LogP contribution in [0.3, 0.4) is 0 Å². The molecule has 0 radical (unpaired) electrons. The molecule has 4 aromatic rings. The fraction of sp³-hybridized carbons (Fsp3) is 0.194. The zero-order valence-electron chi connectivity index (χ0n) is 21.3. The van der Waals surface area contributed by atoms with Crippen LogP contribution in [-0.2, 0) is 40.5 Å². The molecule has 1 heteroatoms. The fourth-order valence-electron chi connectivity index (χ4n) is 6.31. The van der Waals surface area contributed by atoms with E-state index in [1.54, 1.807) is 12.1 Å². The molecule has 0 unspecified atom stereocenters. The molecule has 0 aromatic heterocycles. The average Bonchev–Trinajstić information content (AvgIpc) is 3.55. The number of benzene rings is 4. The zero-order chi connectivity index (χ0) is 24.6. The molecule has 0 heterocycles. The summed E-state index contributed by atoms with van der Waals surface area (Å²) in [6, 6.07) is 34.4. The van der Waals surface area contributed by atoms with Gasteiger partial charge in [-0.2, -0.15) is 0 Å². The van der Waals surface area contributed by atoms with Crippen molar-refractivity contribution in [3.05, 3.63) is 146 Å². The van der Waals surface area contributed by atoms with E-state index in [4.69, 9.17) is 0 Å². The van der Waals surface area contributed by atoms with Crippen molar-refractivity contribution in [3.63, 3.8) is 0 Å². The second-order valence-corrected chi connectivity index (χ2v) is 17.3. The molecule has 180 valence electrons. The molecule has 7 rings (SSSR count). The zero-order valence-corrected chi connectivity index (χ0v) is 23.8. The summed E-state index contributed by atoms with van der Waals surface area (Å²) in [4.78, 5) is 0. The van der Waals surface area contributed by atoms with E-state index in [-0.39, 0.29) is 0 Å². The van der Waals surface area contributed by atoms with E-state index in [0.29, 0.717) is 0 Å². The standard InChI is InChI=1S/C27H21.C5H5.C4H6.Zr/c1-3-7-20(8-4-1)15-22-11-13-24-19-25-14-12-23(18-27(25)26(24)17-22)16-21-9-5-2-6-10-21;1-2-4-5-3-1;1-2-4-3-1;/h1-13,17-18H,15-16,19H2;1-3H,4H2;1-3H2;. The second kappa shape index (κ2) is 10.1. The van der Waals surface area contributed by atoms with Crippen LogP contribution in [0, 0.1) is 0 Å². The minimum absolute atomic E-state index is 0.998. The number of hydrogen-bond acceptors (Lipinski definition) is 0. The van der Waals surface area contributed by atoms with Crippen LogP contribution < -0.4 is 3.27 Å². The molecule has 1 fully saturated rings. The van der Waals surface area contributed by atoms with Crippen molar-refractivity contribution in [3.8, 4) is 11.1 Å². The summed E-state index contributed by atoms with van der Waals surface area (Å²) in [5.41, 5.74) is 11.9. The third kappa shape index (κ3) is 4.64. The predicted molar refractivity (Wildman–Crippen MR) is 154 cm³/mol. The van der Waals surface area contributed by atoms with Crippen molar-refractivity contribution < 1.29 is 21.3 Å². The second-order valence-electron chi connectivity index (χ2n) is 10.8. The van der Waals surface area contributed by atoms with E-state index < -0.39 is 21.3 Å². The Morgan fingerprint density at radius 1 is 0.649 bits per heavy atom. The van der Waals surface area contributed by atoms with Crippen molar-refractivity contribution in [1.82, 2.24) is 0 Å². The molecule has 0 N–H and O–H groups in total. The molecule has 0 bridgehead atoms. The first kappa shape index (κ1) is 23.2. The van der Waals surface area contributed by atoms with Crippen molar-refractivity contribution in [1.29, 1.82) is 0 Å². The summed E-state index contributed by atoms with van der Waals surface area (Å²) in [5, 5.41) is 0. The van der Waals surface area contributed by atoms with Crippen molar-refractivity contribution in [2.75, 3.05) is 0 Å². The summed E-state index contributed by atoms with van der Waals surface area (Å²) in [6.45, 7) is 0. The van der Waals surface area contributed by atoms with E-state index in [2.05, 4.69) is 109 Å². The quantitative estimate of drug-likeness (QED) is 0.200. The molecule has 0 atom stereocenters. The Bertz CT molecular complexity index is 1560. The molecule has 3 aliphatic rings. The molecule has 0 spiro atoms. The van der Waals surface area contributed by atoms with Crippen LogP contribution in [0.25, 0.3) is 11.1 Å². The molecule has 37 heavy (non-hydrogen) atoms. The molecule has 0 amide bonds. The van der Waals surface area contributed by atoms with Gasteiger partial charge in [-0.15, -0.1) is 0 Å². The summed E-state index contributed by atoms with van der Waals surface area (Å²) < 4.78 is 5.50. The van der Waals surface area contributed by atoms with Gasteiger partial charge in [-0.25, -0.2) is 0 Å². The van der Waals surface area contributed by atoms with Gasteiger partial charge in [-0.3, -0.25) is 0 Å². The van der Waals surface area contributed by atoms with Crippen LogP contribution in [0.1, 0.15) is 59.1 Å². The Morgan fingerprint density at radius 3 is 2.00 bits per heavy atom. The minimum atomic E-state index is -2.06. The van der Waals surface area contributed by atoms with E-state index in [1.165, 1.54) is 64.6 Å². The van der Waals surface area contributed by atoms with Gasteiger partial charge < -0.3 is 0 Å². The van der Waals surface area contributed by atoms with Gasteiger partial charge in [0.1, 0.15) is 0 Å². The molecular weight excluding hydrogens is 524 g/mol. The van der Waals surface area contributed by atoms with Crippen molar-refractivity contribution in [2.24, 2.45) is 0 Å². The number of allylic oxidation sites excluding steroid dienone is 4. The van der Waals surface area contributed by atoms with Gasteiger partial charge in [0.15, 0.2) is 0 Å². The van der Waals surface area contributed by atoms with Crippen LogP contribution in [0.5, 0.6) is 0 Å². The van der Waals surface area contributed by atoms with Gasteiger partial charge in [0.05, 0.1) is 0 Å². The average molecular weight is 556 g/mol. The Morgan fingerprint density at radius 2 is 1.35 bits per heavy atom. The van der Waals surface area contributed by atoms with Crippen molar-refractivity contribution >= 4 is 6.48 Å². The molecule has 3 aliphatic carbocycles. The first-order chi connectivity index (χ1) is 18.3. The van der Waals surface area contributed by atoms with Gasteiger partial charge in [0.25, 0.3) is 0 Å². The Hall–Kier alpha value is -2.89. The molecule has 0 aliphatic heterocycles. The molecule has 0 nitrogen and oxygen atoms in total. The number of rotatable bonds is 6. The van der Waals surface area contributed by atoms with Crippen LogP contribution in [0.4, 0.5) is 0 Å². The van der Waals surface area contributed by atoms with Crippen LogP contribution in [0.15, 0.2) is 113 Å². The van der Waals surface area contributed by atoms with Gasteiger partial charge in [-0.1, -0.05) is 0 Å². The van der Waals surface area contributed by atoms with E-state index >= 15 is 0 Å². The van der Waals surface area contributed by atoms with Gasteiger partial charge in [-0.05, 0) is 0 Å². The Labute approximate surface area is 228 Å². The van der Waals surface area contributed by atoms with Gasteiger partial charge in [0.2, 0.25) is 0 Å². The number of fused-ring (bicyclic) bond motifs is 3. The third-order valence-corrected chi connectivity index (χ3v) is 16.2. The van der Waals surface area contributed by atoms with Crippen LogP contribution in [0.2, 0.25) is 0 Å². The van der Waals surface area contributed by atoms with E-state index in [1.807, 2.05) is 3.21 Å². The first-order valence-electron chi connectivity index (χ1n) is 13.8. The fourth-order valence-corrected chi connectivity index (χ4v) is 14.8. The van der Waals surface area contributed by atoms with E-state index in [9.17, 15) is 0 Å². The molecule has 1 saturated carbocycles. The maximum atomic E-state index is 2.65. The molecular formula is C36H32Zr. The SMILES string of the molecule is C1=CC[C]([Zr](=[C]2CCC2)[c]2cc(Cc3ccccc3)cc3c2Cc2ccc(Cc4ccccc4)cc2-3)=C1. The van der Waals surface area contributed by atoms with Gasteiger partial charge in [0, 0.05) is 0 Å². The predicted octanol–water partition coefficient (Wildman–Crippen LogP) is 7.88. The van der Waals surface area contributed by atoms with Crippen LogP contribution in [-0.4, -0.2) is 3.21 Å².